The molecule has 0 bridgehead atoms. The van der Waals surface area contributed by atoms with Crippen LogP contribution in [0.3, 0.4) is 0 Å². The van der Waals surface area contributed by atoms with E-state index in [0.29, 0.717) is 0 Å². The predicted octanol–water partition coefficient (Wildman–Crippen LogP) is 3.91. The Bertz CT molecular complexity index is 551. The summed E-state index contributed by atoms with van der Waals surface area (Å²) in [5.74, 6) is 0. The molecule has 2 N–H and O–H groups in total. The zero-order chi connectivity index (χ0) is 15.2. The van der Waals surface area contributed by atoms with Gasteiger partial charge in [0.15, 0.2) is 0 Å². The van der Waals surface area contributed by atoms with Gasteiger partial charge in [-0.05, 0) is 37.1 Å². The fraction of sp³-hybridized carbons (Fsp3) is 0.368. The van der Waals surface area contributed by atoms with Crippen LogP contribution in [0.15, 0.2) is 54.6 Å². The number of benzene rings is 2. The summed E-state index contributed by atoms with van der Waals surface area (Å²) < 4.78 is 0. The van der Waals surface area contributed by atoms with E-state index in [4.69, 9.17) is 5.73 Å². The van der Waals surface area contributed by atoms with Crippen molar-refractivity contribution in [2.45, 2.75) is 38.9 Å². The number of likely N-dealkylation sites (N-methyl/N-ethyl adjacent to an activating group) is 1. The van der Waals surface area contributed by atoms with E-state index < -0.39 is 0 Å². The average Bonchev–Trinajstić information content (AvgIpc) is 2.50. The van der Waals surface area contributed by atoms with E-state index in [0.717, 1.165) is 13.0 Å². The molecule has 2 heteroatoms. The summed E-state index contributed by atoms with van der Waals surface area (Å²) in [4.78, 5) is 2.37. The van der Waals surface area contributed by atoms with E-state index >= 15 is 0 Å². The van der Waals surface area contributed by atoms with Crippen LogP contribution in [0.1, 0.15) is 36.1 Å². The number of hydrogen-bond acceptors (Lipinski definition) is 2. The number of hydrogen-bond donors (Lipinski definition) is 1. The van der Waals surface area contributed by atoms with Gasteiger partial charge < -0.3 is 5.73 Å². The maximum Gasteiger partial charge on any atom is 0.0502 e. The number of rotatable bonds is 6. The van der Waals surface area contributed by atoms with Gasteiger partial charge in [-0.2, -0.15) is 0 Å². The molecule has 2 atom stereocenters. The van der Waals surface area contributed by atoms with Crippen LogP contribution in [-0.2, 0) is 6.54 Å². The summed E-state index contributed by atoms with van der Waals surface area (Å²) >= 11 is 0. The van der Waals surface area contributed by atoms with Gasteiger partial charge in [0.05, 0.1) is 6.04 Å². The highest BCUT2D eigenvalue weighted by Gasteiger charge is 2.24. The van der Waals surface area contributed by atoms with Crippen molar-refractivity contribution < 1.29 is 0 Å². The van der Waals surface area contributed by atoms with Crippen molar-refractivity contribution in [3.8, 4) is 0 Å². The Morgan fingerprint density at radius 3 is 2.24 bits per heavy atom. The molecule has 2 rings (SSSR count). The Labute approximate surface area is 128 Å². The third-order valence-electron chi connectivity index (χ3n) is 4.13. The highest BCUT2D eigenvalue weighted by molar-refractivity contribution is 5.30. The van der Waals surface area contributed by atoms with Crippen LogP contribution in [0.25, 0.3) is 0 Å². The third kappa shape index (κ3) is 3.93. The number of aryl methyl sites for hydroxylation is 1. The normalized spacial score (nSPS) is 14.1. The Balaban J connectivity index is 2.26. The van der Waals surface area contributed by atoms with Crippen molar-refractivity contribution in [2.75, 3.05) is 7.05 Å². The molecule has 2 aromatic rings. The van der Waals surface area contributed by atoms with E-state index in [1.54, 1.807) is 0 Å². The zero-order valence-electron chi connectivity index (χ0n) is 13.3. The predicted molar refractivity (Wildman–Crippen MR) is 90.1 cm³/mol. The molecular weight excluding hydrogens is 256 g/mol. The Morgan fingerprint density at radius 1 is 1.00 bits per heavy atom. The van der Waals surface area contributed by atoms with Crippen molar-refractivity contribution in [3.05, 3.63) is 71.3 Å². The zero-order valence-corrected chi connectivity index (χ0v) is 13.3. The molecule has 2 nitrogen and oxygen atoms in total. The van der Waals surface area contributed by atoms with Gasteiger partial charge in [0, 0.05) is 12.6 Å². The smallest absolute Gasteiger partial charge is 0.0502 e. The molecule has 112 valence electrons. The van der Waals surface area contributed by atoms with E-state index in [1.165, 1.54) is 16.7 Å². The largest absolute Gasteiger partial charge is 0.326 e. The maximum absolute atomic E-state index is 6.43. The van der Waals surface area contributed by atoms with Gasteiger partial charge in [-0.1, -0.05) is 61.5 Å². The van der Waals surface area contributed by atoms with Gasteiger partial charge in [-0.25, -0.2) is 0 Å². The standard InChI is InChI=1S/C19H26N2/c1-4-18(20)19(17-13-9-8-10-15(17)2)21(3)14-16-11-6-5-7-12-16/h5-13,18-19H,4,14,20H2,1-3H3. The second-order valence-corrected chi connectivity index (χ2v) is 5.77. The second-order valence-electron chi connectivity index (χ2n) is 5.77. The lowest BCUT2D eigenvalue weighted by Gasteiger charge is -2.34. The molecule has 0 radical (unpaired) electrons. The molecule has 0 saturated carbocycles. The minimum absolute atomic E-state index is 0.139. The van der Waals surface area contributed by atoms with Crippen LogP contribution < -0.4 is 5.73 Å². The van der Waals surface area contributed by atoms with Crippen molar-refractivity contribution in [2.24, 2.45) is 5.73 Å². The monoisotopic (exact) mass is 282 g/mol. The van der Waals surface area contributed by atoms with Gasteiger partial charge in [0.2, 0.25) is 0 Å². The summed E-state index contributed by atoms with van der Waals surface area (Å²) in [7, 11) is 2.17. The fourth-order valence-corrected chi connectivity index (χ4v) is 2.91. The molecule has 0 aliphatic carbocycles. The molecule has 0 aliphatic heterocycles. The molecule has 0 aromatic heterocycles. The van der Waals surface area contributed by atoms with E-state index in [-0.39, 0.29) is 12.1 Å². The molecule has 2 aromatic carbocycles. The average molecular weight is 282 g/mol. The molecule has 0 aliphatic rings. The van der Waals surface area contributed by atoms with Crippen LogP contribution >= 0.6 is 0 Å². The van der Waals surface area contributed by atoms with E-state index in [2.05, 4.69) is 80.4 Å². The quantitative estimate of drug-likeness (QED) is 0.870. The highest BCUT2D eigenvalue weighted by Crippen LogP contribution is 2.27. The lowest BCUT2D eigenvalue weighted by molar-refractivity contribution is 0.201. The maximum atomic E-state index is 6.43. The summed E-state index contributed by atoms with van der Waals surface area (Å²) in [5, 5.41) is 0. The van der Waals surface area contributed by atoms with Gasteiger partial charge in [0.1, 0.15) is 0 Å². The fourth-order valence-electron chi connectivity index (χ4n) is 2.91. The van der Waals surface area contributed by atoms with Gasteiger partial charge in [0.25, 0.3) is 0 Å². The van der Waals surface area contributed by atoms with E-state index in [1.807, 2.05) is 0 Å². The first kappa shape index (κ1) is 15.7. The van der Waals surface area contributed by atoms with Crippen LogP contribution in [0.2, 0.25) is 0 Å². The van der Waals surface area contributed by atoms with Gasteiger partial charge in [-0.3, -0.25) is 4.90 Å². The van der Waals surface area contributed by atoms with Crippen LogP contribution in [-0.4, -0.2) is 18.0 Å². The molecule has 2 unspecified atom stereocenters. The molecular formula is C19H26N2. The molecule has 21 heavy (non-hydrogen) atoms. The Morgan fingerprint density at radius 2 is 1.62 bits per heavy atom. The first-order valence-electron chi connectivity index (χ1n) is 7.68. The number of nitrogens with two attached hydrogens (primary N) is 1. The van der Waals surface area contributed by atoms with Crippen LogP contribution in [0.4, 0.5) is 0 Å². The lowest BCUT2D eigenvalue weighted by atomic mass is 9.93. The summed E-state index contributed by atoms with van der Waals surface area (Å²) in [5.41, 5.74) is 10.4. The number of nitrogens with zero attached hydrogens (tertiary/aromatic N) is 1. The third-order valence-corrected chi connectivity index (χ3v) is 4.13. The summed E-state index contributed by atoms with van der Waals surface area (Å²) in [6.07, 6.45) is 0.970. The topological polar surface area (TPSA) is 29.3 Å². The second kappa shape index (κ2) is 7.39. The molecule has 0 amide bonds. The SMILES string of the molecule is CCC(N)C(c1ccccc1C)N(C)Cc1ccccc1. The minimum atomic E-state index is 0.139. The van der Waals surface area contributed by atoms with Crippen molar-refractivity contribution in [1.29, 1.82) is 0 Å². The molecule has 0 saturated heterocycles. The molecule has 0 heterocycles. The van der Waals surface area contributed by atoms with Gasteiger partial charge >= 0.3 is 0 Å². The molecule has 0 spiro atoms. The van der Waals surface area contributed by atoms with Crippen molar-refractivity contribution in [1.82, 2.24) is 4.90 Å². The van der Waals surface area contributed by atoms with Gasteiger partial charge in [-0.15, -0.1) is 0 Å². The Kier molecular flexibility index (Phi) is 5.54. The first-order chi connectivity index (χ1) is 10.1. The lowest BCUT2D eigenvalue weighted by Crippen LogP contribution is -2.38. The van der Waals surface area contributed by atoms with Crippen molar-refractivity contribution >= 4 is 0 Å². The minimum Gasteiger partial charge on any atom is -0.326 e. The highest BCUT2D eigenvalue weighted by atomic mass is 15.1. The van der Waals surface area contributed by atoms with Crippen molar-refractivity contribution in [3.63, 3.8) is 0 Å². The first-order valence-corrected chi connectivity index (χ1v) is 7.68. The molecule has 0 fully saturated rings. The van der Waals surface area contributed by atoms with Crippen LogP contribution in [0, 0.1) is 6.92 Å². The Hall–Kier alpha value is -1.64. The van der Waals surface area contributed by atoms with Crippen LogP contribution in [0.5, 0.6) is 0 Å². The van der Waals surface area contributed by atoms with E-state index in [9.17, 15) is 0 Å². The summed E-state index contributed by atoms with van der Waals surface area (Å²) in [6.45, 7) is 5.24. The summed E-state index contributed by atoms with van der Waals surface area (Å²) in [6, 6.07) is 19.5.